The van der Waals surface area contributed by atoms with Gasteiger partial charge in [0.05, 0.1) is 11.1 Å². The van der Waals surface area contributed by atoms with Gasteiger partial charge in [-0.15, -0.1) is 0 Å². The second kappa shape index (κ2) is 10.1. The number of nitrogens with zero attached hydrogens (tertiary/aromatic N) is 1. The molecule has 0 saturated carbocycles. The summed E-state index contributed by atoms with van der Waals surface area (Å²) in [4.78, 5) is 2.28. The molecule has 0 amide bonds. The van der Waals surface area contributed by atoms with Crippen LogP contribution in [0, 0.1) is 0 Å². The Morgan fingerprint density at radius 2 is 0.979 bits per heavy atom. The fraction of sp³-hybridized carbons (Fsp3) is 0. The van der Waals surface area contributed by atoms with Gasteiger partial charge in [0, 0.05) is 27.5 Å². The molecule has 2 aromatic heterocycles. The molecule has 0 atom stereocenters. The molecule has 220 valence electrons. The van der Waals surface area contributed by atoms with Crippen LogP contribution in [0.5, 0.6) is 0 Å². The van der Waals surface area contributed by atoms with E-state index in [2.05, 4.69) is 163 Å². The number of hydrogen-bond acceptors (Lipinski definition) is 3. The van der Waals surface area contributed by atoms with Gasteiger partial charge in [0.15, 0.2) is 5.58 Å². The fourth-order valence-electron chi connectivity index (χ4n) is 7.22. The first-order valence-electron chi connectivity index (χ1n) is 15.9. The monoisotopic (exact) mass is 601 g/mol. The molecule has 0 fully saturated rings. The smallest absolute Gasteiger partial charge is 0.159 e. The summed E-state index contributed by atoms with van der Waals surface area (Å²) in [5.74, 6) is 0. The largest absolute Gasteiger partial charge is 0.455 e. The van der Waals surface area contributed by atoms with Crippen LogP contribution in [-0.4, -0.2) is 0 Å². The highest BCUT2D eigenvalue weighted by atomic mass is 16.3. The number of fused-ring (bicyclic) bond motifs is 10. The van der Waals surface area contributed by atoms with Gasteiger partial charge in [-0.3, -0.25) is 0 Å². The molecule has 0 aliphatic heterocycles. The number of para-hydroxylation sites is 2. The van der Waals surface area contributed by atoms with Crippen molar-refractivity contribution in [1.29, 1.82) is 0 Å². The highest BCUT2D eigenvalue weighted by molar-refractivity contribution is 6.27. The van der Waals surface area contributed by atoms with Gasteiger partial charge in [-0.25, -0.2) is 0 Å². The third-order valence-electron chi connectivity index (χ3n) is 9.43. The van der Waals surface area contributed by atoms with Crippen LogP contribution in [0.25, 0.3) is 76.5 Å². The van der Waals surface area contributed by atoms with E-state index in [0.29, 0.717) is 0 Å². The summed E-state index contributed by atoms with van der Waals surface area (Å²) in [5, 5.41) is 9.15. The molecule has 0 unspecified atom stereocenters. The summed E-state index contributed by atoms with van der Waals surface area (Å²) in [6.45, 7) is 0. The maximum Gasteiger partial charge on any atom is 0.159 e. The van der Waals surface area contributed by atoms with Crippen molar-refractivity contribution in [3.63, 3.8) is 0 Å². The second-order valence-corrected chi connectivity index (χ2v) is 12.1. The van der Waals surface area contributed by atoms with Gasteiger partial charge >= 0.3 is 0 Å². The predicted octanol–water partition coefficient (Wildman–Crippen LogP) is 12.9. The number of anilines is 3. The number of benzene rings is 8. The van der Waals surface area contributed by atoms with Crippen molar-refractivity contribution in [3.8, 4) is 11.1 Å². The van der Waals surface area contributed by atoms with Gasteiger partial charge in [-0.1, -0.05) is 109 Å². The molecule has 10 aromatic rings. The van der Waals surface area contributed by atoms with Gasteiger partial charge in [0.1, 0.15) is 16.7 Å². The lowest BCUT2D eigenvalue weighted by molar-refractivity contribution is 0.663. The summed E-state index contributed by atoms with van der Waals surface area (Å²) in [5.41, 5.74) is 8.82. The van der Waals surface area contributed by atoms with E-state index in [-0.39, 0.29) is 0 Å². The van der Waals surface area contributed by atoms with Crippen LogP contribution < -0.4 is 4.90 Å². The van der Waals surface area contributed by atoms with Crippen LogP contribution in [0.4, 0.5) is 17.1 Å². The molecule has 10 rings (SSSR count). The number of furan rings is 2. The minimum absolute atomic E-state index is 0.808. The molecule has 2 heterocycles. The molecule has 0 aliphatic carbocycles. The Labute approximate surface area is 270 Å². The maximum absolute atomic E-state index is 6.73. The molecule has 0 aliphatic rings. The first-order valence-corrected chi connectivity index (χ1v) is 15.9. The molecule has 0 spiro atoms. The van der Waals surface area contributed by atoms with E-state index < -0.39 is 0 Å². The summed E-state index contributed by atoms with van der Waals surface area (Å²) in [6.07, 6.45) is 0. The Morgan fingerprint density at radius 1 is 0.362 bits per heavy atom. The van der Waals surface area contributed by atoms with E-state index in [1.807, 2.05) is 6.07 Å². The van der Waals surface area contributed by atoms with Crippen molar-refractivity contribution in [1.82, 2.24) is 0 Å². The summed E-state index contributed by atoms with van der Waals surface area (Å²) < 4.78 is 13.3. The molecule has 0 bridgehead atoms. The lowest BCUT2D eigenvalue weighted by atomic mass is 10.0. The van der Waals surface area contributed by atoms with Crippen LogP contribution in [0.1, 0.15) is 0 Å². The van der Waals surface area contributed by atoms with Crippen LogP contribution in [0.3, 0.4) is 0 Å². The highest BCUT2D eigenvalue weighted by Gasteiger charge is 2.22. The zero-order chi connectivity index (χ0) is 30.9. The van der Waals surface area contributed by atoms with Crippen LogP contribution in [-0.2, 0) is 0 Å². The summed E-state index contributed by atoms with van der Waals surface area (Å²) in [6, 6.07) is 57.7. The van der Waals surface area contributed by atoms with Crippen molar-refractivity contribution in [2.45, 2.75) is 0 Å². The zero-order valence-electron chi connectivity index (χ0n) is 25.4. The van der Waals surface area contributed by atoms with Gasteiger partial charge in [-0.2, -0.15) is 0 Å². The van der Waals surface area contributed by atoms with E-state index in [1.165, 1.54) is 32.7 Å². The van der Waals surface area contributed by atoms with E-state index >= 15 is 0 Å². The van der Waals surface area contributed by atoms with Crippen molar-refractivity contribution in [3.05, 3.63) is 164 Å². The Hall–Kier alpha value is -6.32. The van der Waals surface area contributed by atoms with Crippen molar-refractivity contribution in [2.24, 2.45) is 0 Å². The lowest BCUT2D eigenvalue weighted by Gasteiger charge is -2.25. The van der Waals surface area contributed by atoms with E-state index in [1.54, 1.807) is 0 Å². The third-order valence-corrected chi connectivity index (χ3v) is 9.43. The van der Waals surface area contributed by atoms with Crippen molar-refractivity contribution >= 4 is 82.5 Å². The van der Waals surface area contributed by atoms with Gasteiger partial charge in [0.2, 0.25) is 0 Å². The number of rotatable bonds is 4. The summed E-state index contributed by atoms with van der Waals surface area (Å²) >= 11 is 0. The van der Waals surface area contributed by atoms with Gasteiger partial charge < -0.3 is 13.7 Å². The average molecular weight is 602 g/mol. The minimum atomic E-state index is 0.808. The average Bonchev–Trinajstić information content (AvgIpc) is 3.71. The Balaban J connectivity index is 1.16. The Kier molecular flexibility index (Phi) is 5.57. The molecule has 8 aromatic carbocycles. The Bertz CT molecular complexity index is 2790. The third kappa shape index (κ3) is 4.00. The highest BCUT2D eigenvalue weighted by Crippen LogP contribution is 2.46. The summed E-state index contributed by atoms with van der Waals surface area (Å²) in [7, 11) is 0. The normalized spacial score (nSPS) is 11.8. The minimum Gasteiger partial charge on any atom is -0.455 e. The fourth-order valence-corrected chi connectivity index (χ4v) is 7.22. The van der Waals surface area contributed by atoms with E-state index in [9.17, 15) is 0 Å². The molecular formula is C44H27NO2. The topological polar surface area (TPSA) is 29.5 Å². The first-order chi connectivity index (χ1) is 23.3. The SMILES string of the molecule is c1ccc(N(c2ccc(-c3ccc4ccccc4c3)cc2)c2cccc3c2oc2ccc4c(oc5ccc6ccccc6c54)c23)cc1. The van der Waals surface area contributed by atoms with Crippen LogP contribution >= 0.6 is 0 Å². The number of hydrogen-bond donors (Lipinski definition) is 0. The Morgan fingerprint density at radius 3 is 1.85 bits per heavy atom. The van der Waals surface area contributed by atoms with Gasteiger partial charge in [0.25, 0.3) is 0 Å². The molecular weight excluding hydrogens is 574 g/mol. The predicted molar refractivity (Wildman–Crippen MR) is 196 cm³/mol. The maximum atomic E-state index is 6.73. The van der Waals surface area contributed by atoms with Gasteiger partial charge in [-0.05, 0) is 87.3 Å². The van der Waals surface area contributed by atoms with E-state index in [0.717, 1.165) is 60.9 Å². The molecule has 3 nitrogen and oxygen atoms in total. The molecule has 0 N–H and O–H groups in total. The standard InChI is InChI=1S/C44H27NO2/c1-2-12-33(13-3-1)45(34-22-19-29(20-23-34)32-18-17-28-9-4-5-11-31(28)27-32)38-16-8-15-36-42-40(46-43(36)38)26-24-37-41-35-14-7-6-10-30(35)21-25-39(41)47-44(37)42/h1-27H. The van der Waals surface area contributed by atoms with Crippen LogP contribution in [0.2, 0.25) is 0 Å². The quantitative estimate of drug-likeness (QED) is 0.201. The zero-order valence-corrected chi connectivity index (χ0v) is 25.4. The molecule has 3 heteroatoms. The van der Waals surface area contributed by atoms with Crippen molar-refractivity contribution in [2.75, 3.05) is 4.90 Å². The van der Waals surface area contributed by atoms with E-state index in [4.69, 9.17) is 8.83 Å². The van der Waals surface area contributed by atoms with Crippen LogP contribution in [0.15, 0.2) is 173 Å². The molecule has 47 heavy (non-hydrogen) atoms. The second-order valence-electron chi connectivity index (χ2n) is 12.1. The lowest BCUT2D eigenvalue weighted by Crippen LogP contribution is -2.10. The molecule has 0 saturated heterocycles. The first kappa shape index (κ1) is 26.0. The van der Waals surface area contributed by atoms with Crippen molar-refractivity contribution < 1.29 is 8.83 Å². The molecule has 0 radical (unpaired) electrons.